The van der Waals surface area contributed by atoms with Gasteiger partial charge in [0.15, 0.2) is 0 Å². The van der Waals surface area contributed by atoms with Gasteiger partial charge in [-0.25, -0.2) is 4.98 Å². The van der Waals surface area contributed by atoms with E-state index in [0.717, 1.165) is 41.7 Å². The molecular formula is C18H21ClN2. The van der Waals surface area contributed by atoms with Crippen molar-refractivity contribution in [2.24, 2.45) is 23.7 Å². The fourth-order valence-corrected chi connectivity index (χ4v) is 5.74. The minimum atomic E-state index is 0.664. The minimum absolute atomic E-state index is 0.664. The molecule has 0 aliphatic heterocycles. The van der Waals surface area contributed by atoms with Crippen LogP contribution in [0.1, 0.15) is 36.7 Å². The van der Waals surface area contributed by atoms with E-state index >= 15 is 0 Å². The molecule has 3 saturated carbocycles. The Labute approximate surface area is 130 Å². The average molecular weight is 301 g/mol. The van der Waals surface area contributed by atoms with E-state index in [0.29, 0.717) is 5.88 Å². The highest BCUT2D eigenvalue weighted by molar-refractivity contribution is 6.17. The van der Waals surface area contributed by atoms with Gasteiger partial charge in [0.1, 0.15) is 5.82 Å². The summed E-state index contributed by atoms with van der Waals surface area (Å²) in [5, 5.41) is 0. The van der Waals surface area contributed by atoms with E-state index in [1.807, 2.05) is 0 Å². The second kappa shape index (κ2) is 4.25. The number of rotatable bonds is 3. The Bertz CT molecular complexity index is 703. The van der Waals surface area contributed by atoms with E-state index in [4.69, 9.17) is 16.6 Å². The Kier molecular flexibility index (Phi) is 2.54. The summed E-state index contributed by atoms with van der Waals surface area (Å²) < 4.78 is 2.59. The fraction of sp³-hybridized carbons (Fsp3) is 0.611. The summed E-state index contributed by atoms with van der Waals surface area (Å²) in [4.78, 5) is 4.90. The van der Waals surface area contributed by atoms with Gasteiger partial charge in [-0.3, -0.25) is 0 Å². The molecule has 4 unspecified atom stereocenters. The Morgan fingerprint density at radius 3 is 2.71 bits per heavy atom. The smallest absolute Gasteiger partial charge is 0.111 e. The number of alkyl halides is 1. The number of imidazole rings is 1. The van der Waals surface area contributed by atoms with Crippen LogP contribution < -0.4 is 0 Å². The molecule has 21 heavy (non-hydrogen) atoms. The van der Waals surface area contributed by atoms with Crippen LogP contribution in [-0.2, 0) is 6.42 Å². The highest BCUT2D eigenvalue weighted by atomic mass is 35.5. The fourth-order valence-electron chi connectivity index (χ4n) is 5.58. The molecule has 2 nitrogen and oxygen atoms in total. The molecule has 0 amide bonds. The Hall–Kier alpha value is -1.02. The second-order valence-corrected chi connectivity index (χ2v) is 7.64. The van der Waals surface area contributed by atoms with Gasteiger partial charge in [-0.1, -0.05) is 12.1 Å². The van der Waals surface area contributed by atoms with Crippen LogP contribution in [-0.4, -0.2) is 15.4 Å². The van der Waals surface area contributed by atoms with Crippen LogP contribution in [0.25, 0.3) is 11.0 Å². The van der Waals surface area contributed by atoms with E-state index in [-0.39, 0.29) is 0 Å². The topological polar surface area (TPSA) is 17.8 Å². The standard InChI is InChI=1S/C18H21ClN2/c1-10-3-2-4-13-17(10)21(14(20-13)7-8-19)18-15-11-5-6-12(9-11)16(15)18/h2-4,11-12,15-16,18H,5-9H2,1H3. The van der Waals surface area contributed by atoms with Crippen LogP contribution in [0.5, 0.6) is 0 Å². The Morgan fingerprint density at radius 1 is 1.24 bits per heavy atom. The number of para-hydroxylation sites is 1. The molecule has 1 aromatic heterocycles. The van der Waals surface area contributed by atoms with Crippen molar-refractivity contribution in [1.29, 1.82) is 0 Å². The quantitative estimate of drug-likeness (QED) is 0.771. The predicted molar refractivity (Wildman–Crippen MR) is 85.7 cm³/mol. The first-order chi connectivity index (χ1) is 10.3. The van der Waals surface area contributed by atoms with Crippen molar-refractivity contribution in [1.82, 2.24) is 9.55 Å². The lowest BCUT2D eigenvalue weighted by atomic mass is 10.0. The number of halogens is 1. The maximum atomic E-state index is 6.04. The molecule has 3 fully saturated rings. The lowest BCUT2D eigenvalue weighted by Gasteiger charge is -2.15. The first-order valence-electron chi connectivity index (χ1n) is 8.32. The summed E-state index contributed by atoms with van der Waals surface area (Å²) in [5.41, 5.74) is 3.89. The molecule has 3 heteroatoms. The number of nitrogens with zero attached hydrogens (tertiary/aromatic N) is 2. The van der Waals surface area contributed by atoms with Crippen LogP contribution in [0.15, 0.2) is 18.2 Å². The molecule has 0 spiro atoms. The summed E-state index contributed by atoms with van der Waals surface area (Å²) in [5.74, 6) is 5.75. The van der Waals surface area contributed by atoms with E-state index in [9.17, 15) is 0 Å². The first-order valence-corrected chi connectivity index (χ1v) is 8.85. The van der Waals surface area contributed by atoms with Crippen LogP contribution in [0.3, 0.4) is 0 Å². The third kappa shape index (κ3) is 1.57. The zero-order chi connectivity index (χ0) is 14.1. The third-order valence-corrected chi connectivity index (χ3v) is 6.48. The molecule has 2 aromatic rings. The number of hydrogen-bond donors (Lipinski definition) is 0. The first kappa shape index (κ1) is 12.5. The van der Waals surface area contributed by atoms with Gasteiger partial charge in [0.2, 0.25) is 0 Å². The molecule has 3 aliphatic rings. The van der Waals surface area contributed by atoms with Gasteiger partial charge in [0.25, 0.3) is 0 Å². The Morgan fingerprint density at radius 2 is 2.00 bits per heavy atom. The number of hydrogen-bond acceptors (Lipinski definition) is 1. The molecule has 5 rings (SSSR count). The zero-order valence-corrected chi connectivity index (χ0v) is 13.2. The second-order valence-electron chi connectivity index (χ2n) is 7.26. The normalized spacial score (nSPS) is 36.4. The SMILES string of the molecule is Cc1cccc2nc(CCCl)n(C3C4C5CCC(C5)C43)c12. The molecule has 1 aromatic carbocycles. The molecule has 1 heterocycles. The number of fused-ring (bicyclic) bond motifs is 6. The monoisotopic (exact) mass is 300 g/mol. The molecule has 2 bridgehead atoms. The van der Waals surface area contributed by atoms with Gasteiger partial charge in [0, 0.05) is 18.3 Å². The molecule has 110 valence electrons. The molecule has 4 atom stereocenters. The van der Waals surface area contributed by atoms with E-state index in [2.05, 4.69) is 29.7 Å². The molecule has 3 aliphatic carbocycles. The van der Waals surface area contributed by atoms with E-state index in [1.165, 1.54) is 36.2 Å². The molecule has 0 saturated heterocycles. The average Bonchev–Trinajstić information content (AvgIpc) is 2.83. The molecule has 0 radical (unpaired) electrons. The van der Waals surface area contributed by atoms with E-state index in [1.54, 1.807) is 0 Å². The van der Waals surface area contributed by atoms with E-state index < -0.39 is 0 Å². The number of aryl methyl sites for hydroxylation is 2. The van der Waals surface area contributed by atoms with Crippen molar-refractivity contribution in [2.75, 3.05) is 5.88 Å². The van der Waals surface area contributed by atoms with Crippen molar-refractivity contribution >= 4 is 22.6 Å². The minimum Gasteiger partial charge on any atom is -0.324 e. The highest BCUT2D eigenvalue weighted by Crippen LogP contribution is 2.72. The maximum Gasteiger partial charge on any atom is 0.111 e. The summed E-state index contributed by atoms with van der Waals surface area (Å²) >= 11 is 6.04. The summed E-state index contributed by atoms with van der Waals surface area (Å²) in [7, 11) is 0. The summed E-state index contributed by atoms with van der Waals surface area (Å²) in [6.45, 7) is 2.22. The molecule has 0 N–H and O–H groups in total. The summed E-state index contributed by atoms with van der Waals surface area (Å²) in [6.07, 6.45) is 5.33. The maximum absolute atomic E-state index is 6.04. The Balaban J connectivity index is 1.67. The van der Waals surface area contributed by atoms with Gasteiger partial charge in [-0.2, -0.15) is 0 Å². The number of aromatic nitrogens is 2. The van der Waals surface area contributed by atoms with Crippen LogP contribution in [0.2, 0.25) is 0 Å². The largest absolute Gasteiger partial charge is 0.324 e. The predicted octanol–water partition coefficient (Wildman–Crippen LogP) is 4.34. The highest BCUT2D eigenvalue weighted by Gasteiger charge is 2.66. The van der Waals surface area contributed by atoms with Crippen molar-refractivity contribution in [3.8, 4) is 0 Å². The zero-order valence-electron chi connectivity index (χ0n) is 12.4. The van der Waals surface area contributed by atoms with Gasteiger partial charge < -0.3 is 4.57 Å². The van der Waals surface area contributed by atoms with Crippen LogP contribution in [0, 0.1) is 30.6 Å². The lowest BCUT2D eigenvalue weighted by molar-refractivity contribution is 0.452. The third-order valence-electron chi connectivity index (χ3n) is 6.30. The van der Waals surface area contributed by atoms with Crippen molar-refractivity contribution in [3.63, 3.8) is 0 Å². The van der Waals surface area contributed by atoms with Gasteiger partial charge in [-0.15, -0.1) is 11.6 Å². The summed E-state index contributed by atoms with van der Waals surface area (Å²) in [6, 6.07) is 7.22. The van der Waals surface area contributed by atoms with Gasteiger partial charge in [0.05, 0.1) is 11.0 Å². The lowest BCUT2D eigenvalue weighted by Crippen LogP contribution is -2.09. The van der Waals surface area contributed by atoms with Gasteiger partial charge >= 0.3 is 0 Å². The number of benzene rings is 1. The van der Waals surface area contributed by atoms with Crippen LogP contribution in [0.4, 0.5) is 0 Å². The van der Waals surface area contributed by atoms with Crippen LogP contribution >= 0.6 is 11.6 Å². The van der Waals surface area contributed by atoms with Gasteiger partial charge in [-0.05, 0) is 61.5 Å². The van der Waals surface area contributed by atoms with Crippen molar-refractivity contribution in [3.05, 3.63) is 29.6 Å². The molecular weight excluding hydrogens is 280 g/mol. The van der Waals surface area contributed by atoms with Crippen molar-refractivity contribution in [2.45, 2.75) is 38.6 Å². The van der Waals surface area contributed by atoms with Crippen molar-refractivity contribution < 1.29 is 0 Å².